The molecule has 0 aliphatic carbocycles. The molecular weight excluding hydrogens is 452 g/mol. The Morgan fingerprint density at radius 3 is 2.29 bits per heavy atom. The maximum Gasteiger partial charge on any atom is 0.347 e. The number of carbonyl (C=O) groups is 3. The maximum absolute atomic E-state index is 12.5. The second kappa shape index (κ2) is 11.6. The SMILES string of the molecule is COc1cc(/C=N/NC(=O)C(=O)Nc2ccc(C#N)cc2)ccc1OC(=O)c1ccccc1OC. The first-order valence-electron chi connectivity index (χ1n) is 10.1. The van der Waals surface area contributed by atoms with Crippen molar-refractivity contribution < 1.29 is 28.6 Å². The summed E-state index contributed by atoms with van der Waals surface area (Å²) in [5, 5.41) is 14.9. The Hall–Kier alpha value is -5.17. The molecule has 35 heavy (non-hydrogen) atoms. The predicted octanol–water partition coefficient (Wildman–Crippen LogP) is 2.88. The number of hydrogen-bond acceptors (Lipinski definition) is 8. The zero-order valence-corrected chi connectivity index (χ0v) is 18.8. The molecule has 0 bridgehead atoms. The highest BCUT2D eigenvalue weighted by Crippen LogP contribution is 2.29. The van der Waals surface area contributed by atoms with Gasteiger partial charge in [-0.15, -0.1) is 0 Å². The first-order valence-corrected chi connectivity index (χ1v) is 10.1. The van der Waals surface area contributed by atoms with Crippen LogP contribution < -0.4 is 25.0 Å². The maximum atomic E-state index is 12.5. The van der Waals surface area contributed by atoms with Gasteiger partial charge in [0.1, 0.15) is 11.3 Å². The average Bonchev–Trinajstić information content (AvgIpc) is 2.89. The highest BCUT2D eigenvalue weighted by atomic mass is 16.6. The summed E-state index contributed by atoms with van der Waals surface area (Å²) in [6, 6.07) is 19.3. The summed E-state index contributed by atoms with van der Waals surface area (Å²) in [6.45, 7) is 0. The largest absolute Gasteiger partial charge is 0.496 e. The van der Waals surface area contributed by atoms with E-state index in [4.69, 9.17) is 19.5 Å². The lowest BCUT2D eigenvalue weighted by Crippen LogP contribution is -2.32. The number of nitriles is 1. The first kappa shape index (κ1) is 24.5. The van der Waals surface area contributed by atoms with Crippen molar-refractivity contribution >= 4 is 29.7 Å². The lowest BCUT2D eigenvalue weighted by Gasteiger charge is -2.11. The minimum Gasteiger partial charge on any atom is -0.496 e. The third kappa shape index (κ3) is 6.43. The van der Waals surface area contributed by atoms with Crippen LogP contribution in [0.5, 0.6) is 17.2 Å². The van der Waals surface area contributed by atoms with Crippen LogP contribution in [0.15, 0.2) is 71.8 Å². The highest BCUT2D eigenvalue weighted by Gasteiger charge is 2.17. The van der Waals surface area contributed by atoms with E-state index in [1.165, 1.54) is 56.8 Å². The Balaban J connectivity index is 1.61. The molecule has 10 nitrogen and oxygen atoms in total. The monoisotopic (exact) mass is 472 g/mol. The van der Waals surface area contributed by atoms with Crippen LogP contribution in [0, 0.1) is 11.3 Å². The average molecular weight is 472 g/mol. The molecule has 2 N–H and O–H groups in total. The minimum atomic E-state index is -0.986. The van der Waals surface area contributed by atoms with E-state index >= 15 is 0 Å². The lowest BCUT2D eigenvalue weighted by atomic mass is 10.2. The number of nitrogens with zero attached hydrogens (tertiary/aromatic N) is 2. The van der Waals surface area contributed by atoms with Gasteiger partial charge in [0.2, 0.25) is 0 Å². The molecule has 0 unspecified atom stereocenters. The van der Waals surface area contributed by atoms with Gasteiger partial charge in [-0.1, -0.05) is 12.1 Å². The fourth-order valence-electron chi connectivity index (χ4n) is 2.85. The van der Waals surface area contributed by atoms with Crippen LogP contribution in [0.1, 0.15) is 21.5 Å². The van der Waals surface area contributed by atoms with Gasteiger partial charge >= 0.3 is 17.8 Å². The summed E-state index contributed by atoms with van der Waals surface area (Å²) in [5.41, 5.74) is 3.66. The normalized spacial score (nSPS) is 10.2. The minimum absolute atomic E-state index is 0.173. The smallest absolute Gasteiger partial charge is 0.347 e. The van der Waals surface area contributed by atoms with E-state index in [0.29, 0.717) is 22.6 Å². The molecule has 2 amide bonds. The van der Waals surface area contributed by atoms with Crippen LogP contribution in [0.25, 0.3) is 0 Å². The van der Waals surface area contributed by atoms with Gasteiger partial charge in [-0.05, 0) is 60.2 Å². The van der Waals surface area contributed by atoms with Gasteiger partial charge in [-0.25, -0.2) is 10.2 Å². The van der Waals surface area contributed by atoms with Gasteiger partial charge in [0.15, 0.2) is 11.5 Å². The molecule has 3 rings (SSSR count). The number of anilines is 1. The molecule has 0 spiro atoms. The Morgan fingerprint density at radius 1 is 0.886 bits per heavy atom. The molecule has 0 aliphatic rings. The molecule has 0 radical (unpaired) electrons. The standard InChI is InChI=1S/C25H20N4O6/c1-33-20-6-4-3-5-19(20)25(32)35-21-12-9-17(13-22(21)34-2)15-27-29-24(31)23(30)28-18-10-7-16(14-26)8-11-18/h3-13,15H,1-2H3,(H,28,30)(H,29,31)/b27-15+. The molecule has 0 aliphatic heterocycles. The number of ether oxygens (including phenoxy) is 3. The summed E-state index contributed by atoms with van der Waals surface area (Å²) < 4.78 is 15.9. The topological polar surface area (TPSA) is 139 Å². The molecular formula is C25H20N4O6. The molecule has 3 aromatic carbocycles. The number of benzene rings is 3. The molecule has 0 saturated heterocycles. The molecule has 10 heteroatoms. The summed E-state index contributed by atoms with van der Waals surface area (Å²) in [6.07, 6.45) is 1.29. The fraction of sp³-hybridized carbons (Fsp3) is 0.0800. The number of hydrazone groups is 1. The van der Waals surface area contributed by atoms with Gasteiger partial charge < -0.3 is 19.5 Å². The lowest BCUT2D eigenvalue weighted by molar-refractivity contribution is -0.136. The second-order valence-corrected chi connectivity index (χ2v) is 6.84. The summed E-state index contributed by atoms with van der Waals surface area (Å²) in [5.74, 6) is -1.74. The molecule has 0 atom stereocenters. The Bertz CT molecular complexity index is 1310. The quantitative estimate of drug-likeness (QED) is 0.177. The van der Waals surface area contributed by atoms with Crippen molar-refractivity contribution in [1.82, 2.24) is 5.43 Å². The van der Waals surface area contributed by atoms with Crippen molar-refractivity contribution in [3.63, 3.8) is 0 Å². The van der Waals surface area contributed by atoms with Crippen LogP contribution in [0.3, 0.4) is 0 Å². The van der Waals surface area contributed by atoms with E-state index in [1.807, 2.05) is 6.07 Å². The van der Waals surface area contributed by atoms with Crippen LogP contribution in [0.2, 0.25) is 0 Å². The number of nitrogens with one attached hydrogen (secondary N) is 2. The van der Waals surface area contributed by atoms with Gasteiger partial charge in [0.25, 0.3) is 0 Å². The third-order valence-electron chi connectivity index (χ3n) is 4.58. The highest BCUT2D eigenvalue weighted by molar-refractivity contribution is 6.39. The van der Waals surface area contributed by atoms with Crippen LogP contribution in [0.4, 0.5) is 5.69 Å². The zero-order chi connectivity index (χ0) is 25.2. The van der Waals surface area contributed by atoms with Crippen molar-refractivity contribution in [2.75, 3.05) is 19.5 Å². The van der Waals surface area contributed by atoms with Crippen molar-refractivity contribution in [1.29, 1.82) is 5.26 Å². The van der Waals surface area contributed by atoms with E-state index in [2.05, 4.69) is 15.8 Å². The molecule has 0 heterocycles. The second-order valence-electron chi connectivity index (χ2n) is 6.84. The molecule has 0 saturated carbocycles. The van der Waals surface area contributed by atoms with Crippen molar-refractivity contribution in [3.8, 4) is 23.3 Å². The van der Waals surface area contributed by atoms with Crippen LogP contribution in [-0.2, 0) is 9.59 Å². The predicted molar refractivity (Wildman–Crippen MR) is 126 cm³/mol. The molecule has 3 aromatic rings. The van der Waals surface area contributed by atoms with E-state index in [-0.39, 0.29) is 17.1 Å². The number of amides is 2. The number of para-hydroxylation sites is 1. The summed E-state index contributed by atoms with van der Waals surface area (Å²) in [4.78, 5) is 36.5. The van der Waals surface area contributed by atoms with Crippen molar-refractivity contribution in [2.45, 2.75) is 0 Å². The van der Waals surface area contributed by atoms with Crippen molar-refractivity contribution in [3.05, 3.63) is 83.4 Å². The zero-order valence-electron chi connectivity index (χ0n) is 18.8. The van der Waals surface area contributed by atoms with Crippen LogP contribution in [-0.4, -0.2) is 38.2 Å². The van der Waals surface area contributed by atoms with Gasteiger partial charge in [0, 0.05) is 5.69 Å². The fourth-order valence-corrected chi connectivity index (χ4v) is 2.85. The Morgan fingerprint density at radius 2 is 1.60 bits per heavy atom. The van der Waals surface area contributed by atoms with Gasteiger partial charge in [-0.3, -0.25) is 9.59 Å². The number of hydrogen-bond donors (Lipinski definition) is 2. The van der Waals surface area contributed by atoms with Crippen molar-refractivity contribution in [2.24, 2.45) is 5.10 Å². The number of methoxy groups -OCH3 is 2. The number of carbonyl (C=O) groups excluding carboxylic acids is 3. The third-order valence-corrected chi connectivity index (χ3v) is 4.58. The van der Waals surface area contributed by atoms with E-state index in [1.54, 1.807) is 30.3 Å². The molecule has 0 fully saturated rings. The summed E-state index contributed by atoms with van der Waals surface area (Å²) >= 11 is 0. The van der Waals surface area contributed by atoms with Gasteiger partial charge in [0.05, 0.1) is 32.1 Å². The Kier molecular flexibility index (Phi) is 8.13. The first-order chi connectivity index (χ1) is 16.9. The number of rotatable bonds is 7. The van der Waals surface area contributed by atoms with E-state index in [0.717, 1.165) is 0 Å². The Labute approximate surface area is 200 Å². The molecule has 0 aromatic heterocycles. The molecule has 176 valence electrons. The van der Waals surface area contributed by atoms with Gasteiger partial charge in [-0.2, -0.15) is 10.4 Å². The van der Waals surface area contributed by atoms with E-state index < -0.39 is 17.8 Å². The van der Waals surface area contributed by atoms with Crippen LogP contribution >= 0.6 is 0 Å². The summed E-state index contributed by atoms with van der Waals surface area (Å²) in [7, 11) is 2.86. The number of esters is 1. The van der Waals surface area contributed by atoms with E-state index in [9.17, 15) is 14.4 Å².